The maximum atomic E-state index is 13.0. The number of hydrogen-bond acceptors (Lipinski definition) is 11. The first-order chi connectivity index (χ1) is 31.6. The number of allylic oxidation sites excluding steroid dienone is 8. The largest absolute Gasteiger partial charge is 0.479 e. The molecule has 0 aromatic heterocycles. The molecule has 0 saturated carbocycles. The fourth-order valence-electron chi connectivity index (χ4n) is 7.48. The van der Waals surface area contributed by atoms with Crippen LogP contribution in [0.3, 0.4) is 0 Å². The topological polar surface area (TPSA) is 175 Å². The molecular weight excluding hydrogens is 829 g/mol. The summed E-state index contributed by atoms with van der Waals surface area (Å²) < 4.78 is 28.2. The highest BCUT2D eigenvalue weighted by Gasteiger charge is 2.50. The minimum absolute atomic E-state index is 0.0594. The summed E-state index contributed by atoms with van der Waals surface area (Å²) in [5.41, 5.74) is 0. The number of esters is 3. The van der Waals surface area contributed by atoms with E-state index in [0.717, 1.165) is 83.5 Å². The Labute approximate surface area is 393 Å². The van der Waals surface area contributed by atoms with Gasteiger partial charge in [-0.05, 0) is 57.8 Å². The van der Waals surface area contributed by atoms with Crippen LogP contribution in [0.1, 0.15) is 213 Å². The molecule has 0 aliphatic carbocycles. The molecule has 0 amide bonds. The van der Waals surface area contributed by atoms with Crippen LogP contribution >= 0.6 is 0 Å². The van der Waals surface area contributed by atoms with E-state index in [1.165, 1.54) is 70.6 Å². The lowest BCUT2D eigenvalue weighted by molar-refractivity contribution is -0.301. The van der Waals surface area contributed by atoms with Gasteiger partial charge in [-0.15, -0.1) is 0 Å². The van der Waals surface area contributed by atoms with E-state index in [9.17, 15) is 34.5 Å². The SMILES string of the molecule is CC/C=C\C/C=C\C/C=C\C/C=C\CCCCC(=O)OCC(COC1OC(C(=O)O)C(O)C(O)C1OC(=O)CCCCCCCCCCCCC)OC(=O)CCCCCCCCCCC. The summed E-state index contributed by atoms with van der Waals surface area (Å²) in [6, 6.07) is 0. The summed E-state index contributed by atoms with van der Waals surface area (Å²) in [6.45, 7) is 5.77. The van der Waals surface area contributed by atoms with Crippen molar-refractivity contribution in [3.05, 3.63) is 48.6 Å². The number of carboxylic acids is 1. The van der Waals surface area contributed by atoms with Crippen molar-refractivity contribution in [3.63, 3.8) is 0 Å². The van der Waals surface area contributed by atoms with E-state index in [1.54, 1.807) is 0 Å². The molecule has 12 nitrogen and oxygen atoms in total. The highest BCUT2D eigenvalue weighted by Crippen LogP contribution is 2.26. The molecule has 6 unspecified atom stereocenters. The summed E-state index contributed by atoms with van der Waals surface area (Å²) >= 11 is 0. The van der Waals surface area contributed by atoms with E-state index in [0.29, 0.717) is 19.3 Å². The van der Waals surface area contributed by atoms with E-state index >= 15 is 0 Å². The molecule has 3 N–H and O–H groups in total. The van der Waals surface area contributed by atoms with Gasteiger partial charge < -0.3 is 39.0 Å². The van der Waals surface area contributed by atoms with Gasteiger partial charge >= 0.3 is 23.9 Å². The first-order valence-corrected chi connectivity index (χ1v) is 25.6. The monoisotopic (exact) mass is 919 g/mol. The molecule has 12 heteroatoms. The van der Waals surface area contributed by atoms with Crippen molar-refractivity contribution >= 4 is 23.9 Å². The van der Waals surface area contributed by atoms with Crippen LogP contribution in [0.5, 0.6) is 0 Å². The molecule has 0 aromatic rings. The predicted molar refractivity (Wildman–Crippen MR) is 257 cm³/mol. The second kappa shape index (κ2) is 42.1. The Hall–Kier alpha value is -3.32. The molecule has 0 bridgehead atoms. The molecule has 1 heterocycles. The van der Waals surface area contributed by atoms with Gasteiger partial charge in [0.1, 0.15) is 18.8 Å². The van der Waals surface area contributed by atoms with Crippen molar-refractivity contribution in [2.24, 2.45) is 0 Å². The van der Waals surface area contributed by atoms with Crippen LogP contribution in [0.2, 0.25) is 0 Å². The van der Waals surface area contributed by atoms with Crippen LogP contribution in [0.4, 0.5) is 0 Å². The lowest BCUT2D eigenvalue weighted by Gasteiger charge is -2.40. The first kappa shape index (κ1) is 59.7. The molecule has 1 aliphatic rings. The number of unbranched alkanes of at least 4 members (excludes halogenated alkanes) is 20. The normalized spacial score (nSPS) is 19.4. The van der Waals surface area contributed by atoms with E-state index in [4.69, 9.17) is 23.7 Å². The number of rotatable bonds is 42. The minimum atomic E-state index is -1.90. The third-order valence-corrected chi connectivity index (χ3v) is 11.4. The molecule has 1 rings (SSSR count). The standard InChI is InChI=1S/C53H90O12/c1-4-7-10-13-16-19-21-22-23-24-26-28-30-33-36-39-45(54)61-42-44(63-46(55)40-37-34-31-27-18-15-12-9-6-3)43-62-53-51(49(58)48(57)50(65-53)52(59)60)64-47(56)41-38-35-32-29-25-20-17-14-11-8-5-2/h7,10,16,19,22-23,26,28,44,48-51,53,57-58H,4-6,8-9,11-15,17-18,20-21,24-25,27,29-43H2,1-3H3,(H,59,60)/b10-7-,19-16-,23-22-,28-26-. The minimum Gasteiger partial charge on any atom is -0.479 e. The number of aliphatic hydroxyl groups excluding tert-OH is 2. The summed E-state index contributed by atoms with van der Waals surface area (Å²) in [5.74, 6) is -3.17. The predicted octanol–water partition coefficient (Wildman–Crippen LogP) is 11.9. The van der Waals surface area contributed by atoms with Crippen molar-refractivity contribution in [2.45, 2.75) is 250 Å². The molecule has 0 aromatic carbocycles. The van der Waals surface area contributed by atoms with Crippen LogP contribution < -0.4 is 0 Å². The number of ether oxygens (including phenoxy) is 5. The van der Waals surface area contributed by atoms with E-state index < -0.39 is 67.3 Å². The Balaban J connectivity index is 2.75. The third kappa shape index (κ3) is 32.9. The Kier molecular flexibility index (Phi) is 38.6. The quantitative estimate of drug-likeness (QED) is 0.0229. The Morgan fingerprint density at radius 1 is 0.523 bits per heavy atom. The maximum absolute atomic E-state index is 13.0. The number of carboxylic acid groups (broad SMARTS) is 1. The Bertz CT molecular complexity index is 1330. The van der Waals surface area contributed by atoms with Crippen molar-refractivity contribution in [2.75, 3.05) is 13.2 Å². The van der Waals surface area contributed by atoms with Gasteiger partial charge in [0.05, 0.1) is 6.61 Å². The van der Waals surface area contributed by atoms with Crippen LogP contribution in [-0.4, -0.2) is 89.2 Å². The molecular formula is C53H90O12. The van der Waals surface area contributed by atoms with Gasteiger partial charge in [-0.25, -0.2) is 4.79 Å². The molecule has 6 atom stereocenters. The molecule has 0 spiro atoms. The molecule has 65 heavy (non-hydrogen) atoms. The number of aliphatic carboxylic acids is 1. The third-order valence-electron chi connectivity index (χ3n) is 11.4. The molecule has 1 aliphatic heterocycles. The van der Waals surface area contributed by atoms with Crippen molar-refractivity contribution in [3.8, 4) is 0 Å². The second-order valence-electron chi connectivity index (χ2n) is 17.4. The zero-order chi connectivity index (χ0) is 47.6. The lowest BCUT2D eigenvalue weighted by atomic mass is 9.98. The van der Waals surface area contributed by atoms with Crippen LogP contribution in [0.15, 0.2) is 48.6 Å². The summed E-state index contributed by atoms with van der Waals surface area (Å²) in [5, 5.41) is 31.2. The maximum Gasteiger partial charge on any atom is 0.335 e. The lowest BCUT2D eigenvalue weighted by Crippen LogP contribution is -2.61. The zero-order valence-electron chi connectivity index (χ0n) is 40.7. The number of aliphatic hydroxyl groups is 2. The molecule has 1 fully saturated rings. The van der Waals surface area contributed by atoms with Crippen molar-refractivity contribution in [1.82, 2.24) is 0 Å². The zero-order valence-corrected chi connectivity index (χ0v) is 40.7. The van der Waals surface area contributed by atoms with Crippen LogP contribution in [0.25, 0.3) is 0 Å². The highest BCUT2D eigenvalue weighted by molar-refractivity contribution is 5.74. The highest BCUT2D eigenvalue weighted by atomic mass is 16.7. The summed E-state index contributed by atoms with van der Waals surface area (Å²) in [4.78, 5) is 50.7. The van der Waals surface area contributed by atoms with Gasteiger partial charge in [0, 0.05) is 19.3 Å². The smallest absolute Gasteiger partial charge is 0.335 e. The Morgan fingerprint density at radius 3 is 1.48 bits per heavy atom. The van der Waals surface area contributed by atoms with Gasteiger partial charge in [-0.1, -0.05) is 185 Å². The van der Waals surface area contributed by atoms with E-state index in [-0.39, 0.29) is 25.9 Å². The van der Waals surface area contributed by atoms with Gasteiger partial charge in [0.2, 0.25) is 0 Å². The molecule has 0 radical (unpaired) electrons. The van der Waals surface area contributed by atoms with E-state index in [1.807, 2.05) is 0 Å². The van der Waals surface area contributed by atoms with E-state index in [2.05, 4.69) is 69.4 Å². The summed E-state index contributed by atoms with van der Waals surface area (Å²) in [6.07, 6.45) is 35.5. The molecule has 374 valence electrons. The number of carbonyl (C=O) groups is 4. The Morgan fingerprint density at radius 2 is 0.969 bits per heavy atom. The van der Waals surface area contributed by atoms with Gasteiger partial charge in [-0.2, -0.15) is 0 Å². The fraction of sp³-hybridized carbons (Fsp3) is 0.774. The van der Waals surface area contributed by atoms with Crippen LogP contribution in [-0.2, 0) is 42.9 Å². The number of hydrogen-bond donors (Lipinski definition) is 3. The number of carbonyl (C=O) groups excluding carboxylic acids is 3. The van der Waals surface area contributed by atoms with Gasteiger partial charge in [0.25, 0.3) is 0 Å². The average Bonchev–Trinajstić information content (AvgIpc) is 3.29. The fourth-order valence-corrected chi connectivity index (χ4v) is 7.48. The van der Waals surface area contributed by atoms with Gasteiger partial charge in [-0.3, -0.25) is 14.4 Å². The van der Waals surface area contributed by atoms with Crippen molar-refractivity contribution in [1.29, 1.82) is 0 Å². The molecule has 1 saturated heterocycles. The second-order valence-corrected chi connectivity index (χ2v) is 17.4. The van der Waals surface area contributed by atoms with Gasteiger partial charge in [0.15, 0.2) is 24.6 Å². The van der Waals surface area contributed by atoms with Crippen LogP contribution in [0, 0.1) is 0 Å². The summed E-state index contributed by atoms with van der Waals surface area (Å²) in [7, 11) is 0. The first-order valence-electron chi connectivity index (χ1n) is 25.6. The average molecular weight is 919 g/mol. The van der Waals surface area contributed by atoms with Crippen molar-refractivity contribution < 1.29 is 58.2 Å².